The summed E-state index contributed by atoms with van der Waals surface area (Å²) < 4.78 is 6.12. The molecule has 139 heavy (non-hydrogen) atoms. The number of imidazole rings is 6. The number of H-pyrrole nitrogens is 5. The smallest absolute Gasteiger partial charge is 0.152 e. The molecule has 0 aliphatic carbocycles. The number of pyridine rings is 8. The number of aromatic nitrogens is 24. The molecule has 0 unspecified atom stereocenters. The monoisotopic (exact) mass is 1840 g/mol. The summed E-state index contributed by atoms with van der Waals surface area (Å²) in [7, 11) is 4.11. The normalized spacial score (nSPS) is 11.5. The average molecular weight is 1850 g/mol. The maximum Gasteiger partial charge on any atom is 0.152 e. The highest BCUT2D eigenvalue weighted by molar-refractivity contribution is 6.12. The lowest BCUT2D eigenvalue weighted by molar-refractivity contribution is 0.720. The minimum Gasteiger partial charge on any atom is -0.382 e. The molecule has 0 spiro atoms. The lowest BCUT2D eigenvalue weighted by atomic mass is 10.0. The van der Waals surface area contributed by atoms with E-state index in [2.05, 4.69) is 238 Å². The molecule has 0 amide bonds. The minimum absolute atomic E-state index is 0.480. The van der Waals surface area contributed by atoms with Crippen LogP contribution >= 0.6 is 0 Å². The zero-order chi connectivity index (χ0) is 96.3. The number of hydrogen-bond donors (Lipinski definition) is 11. The molecule has 0 saturated heterocycles. The van der Waals surface area contributed by atoms with E-state index in [1.54, 1.807) is 31.0 Å². The van der Waals surface area contributed by atoms with E-state index in [1.165, 1.54) is 11.1 Å². The van der Waals surface area contributed by atoms with Gasteiger partial charge in [-0.25, -0.2) is 64.5 Å². The van der Waals surface area contributed by atoms with E-state index in [9.17, 15) is 0 Å². The van der Waals surface area contributed by atoms with Crippen molar-refractivity contribution in [1.29, 1.82) is 0 Å². The minimum atomic E-state index is 0.480. The summed E-state index contributed by atoms with van der Waals surface area (Å²) in [5, 5.41) is 17.5. The first-order chi connectivity index (χ1) is 67.8. The first-order valence-corrected chi connectivity index (χ1v) is 48.1. The Morgan fingerprint density at radius 1 is 0.295 bits per heavy atom. The van der Waals surface area contributed by atoms with Crippen LogP contribution in [0.2, 0.25) is 0 Å². The molecule has 16 heterocycles. The number of aryl methyl sites for hydroxylation is 9. The number of nitrogens with two attached hydrogens (primary N) is 6. The Morgan fingerprint density at radius 2 is 0.676 bits per heavy atom. The van der Waals surface area contributed by atoms with Crippen molar-refractivity contribution >= 4 is 167 Å². The number of benzene rings is 7. The van der Waals surface area contributed by atoms with Gasteiger partial charge in [0, 0.05) is 139 Å². The Hall–Kier alpha value is -16.7. The summed E-state index contributed by atoms with van der Waals surface area (Å²) in [6.45, 7) is 15.1. The number of anilines is 6. The van der Waals surface area contributed by atoms with Gasteiger partial charge in [0.25, 0.3) is 0 Å². The Morgan fingerprint density at radius 3 is 1.10 bits per heavy atom. The fourth-order valence-electron chi connectivity index (χ4n) is 17.8. The van der Waals surface area contributed by atoms with Crippen LogP contribution in [0.3, 0.4) is 0 Å². The quantitative estimate of drug-likeness (QED) is 0.0283. The van der Waals surface area contributed by atoms with Crippen LogP contribution in [0.25, 0.3) is 182 Å². The van der Waals surface area contributed by atoms with Crippen molar-refractivity contribution in [2.45, 2.75) is 164 Å². The average Bonchev–Trinajstić information content (AvgIpc) is 1.59. The van der Waals surface area contributed by atoms with E-state index in [-0.39, 0.29) is 0 Å². The summed E-state index contributed by atoms with van der Waals surface area (Å²) in [4.78, 5) is 77.3. The van der Waals surface area contributed by atoms with Gasteiger partial charge in [-0.2, -0.15) is 10.2 Å². The second kappa shape index (κ2) is 41.7. The Balaban J connectivity index is 0.000000111. The molecular weight excluding hydrogens is 1730 g/mol. The first kappa shape index (κ1) is 92.8. The molecule has 7 aromatic carbocycles. The van der Waals surface area contributed by atoms with Gasteiger partial charge in [0.05, 0.1) is 55.5 Å². The van der Waals surface area contributed by atoms with Crippen LogP contribution in [0, 0.1) is 6.92 Å². The second-order valence-electron chi connectivity index (χ2n) is 35.2. The number of nitrogens with zero attached hydrogens (tertiary/aromatic N) is 19. The van der Waals surface area contributed by atoms with Gasteiger partial charge in [0.15, 0.2) is 11.6 Å². The van der Waals surface area contributed by atoms with Crippen LogP contribution in [-0.2, 0) is 52.6 Å². The molecule has 30 heteroatoms. The number of nitrogens with one attached hydrogen (secondary N) is 5. The van der Waals surface area contributed by atoms with Gasteiger partial charge in [-0.15, -0.1) is 0 Å². The zero-order valence-corrected chi connectivity index (χ0v) is 80.0. The third-order valence-electron chi connectivity index (χ3n) is 25.3. The highest BCUT2D eigenvalue weighted by Gasteiger charge is 2.22. The zero-order valence-electron chi connectivity index (χ0n) is 80.0. The molecule has 0 bridgehead atoms. The fraction of sp³-hybridized carbons (Fsp3) is 0.248. The van der Waals surface area contributed by atoms with Gasteiger partial charge in [0.2, 0.25) is 0 Å². The predicted octanol–water partition coefficient (Wildman–Crippen LogP) is 22.9. The standard InChI is InChI=1S/C20H20N4.2C19H19N5.2C18H20N6.C15H18N4/c1-2-3-9-17-23-18-15-11-10-14(13-7-5-4-6-8-13)12-16(15)22-20(21)19(18)24-17;1-2-3-6-16-23-17-14-8-7-12(13-5-4-9-21-11-13)10-15(14)22-19(20)18(17)24-16;1-2-3-4-16-23-17-14-6-5-13(12-7-9-21-10-8-12)11-15(14)22-19(20)18(17)24-16;1-3-4-6-15-22-16-17(23(15)2)13-8-7-12(24-10-5-9-20-24)11-14(13)21-18(16)19;1-3-4-5-15-22-16-17(24(15)2)12-7-6-11(13-8-9-20-23-13)10-14(12)21-18(16)19;1-3-4-5-12-18-13-10-7-6-9(2)8-11(10)17-15(16)14(13)19-12/h4-8,10-12H,2-3,9H2,1H3,(H2,21,22)(H,23,24);4-5,7-11H,2-3,6H2,1H3,(H2,20,22)(H,23,24);5-11H,2-4H2,1H3,(H2,20,22)(H,23,24);5,7-11H,3-4,6H2,1-2H3,(H2,19,21);6-10H,3-5H2,1-2H3,(H2,19,21)(H,20,23);6-8H,3-5H2,1-2H3,(H2,16,17)(H,18,19). The summed E-state index contributed by atoms with van der Waals surface area (Å²) in [5.41, 5.74) is 63.7. The Labute approximate surface area is 803 Å². The number of nitrogen functional groups attached to an aromatic ring is 6. The Kier molecular flexibility index (Phi) is 27.8. The summed E-state index contributed by atoms with van der Waals surface area (Å²) in [6, 6.07) is 59.3. The number of fused-ring (bicyclic) bond motifs is 18. The molecule has 0 saturated carbocycles. The highest BCUT2D eigenvalue weighted by Crippen LogP contribution is 2.38. The lowest BCUT2D eigenvalue weighted by Crippen LogP contribution is -1.99. The van der Waals surface area contributed by atoms with Crippen LogP contribution in [0.15, 0.2) is 219 Å². The van der Waals surface area contributed by atoms with Crippen molar-refractivity contribution in [2.75, 3.05) is 34.4 Å². The lowest BCUT2D eigenvalue weighted by Gasteiger charge is -2.07. The third-order valence-corrected chi connectivity index (χ3v) is 25.3. The molecular formula is C109H116N30. The van der Waals surface area contributed by atoms with Crippen LogP contribution < -0.4 is 34.4 Å². The summed E-state index contributed by atoms with van der Waals surface area (Å²) >= 11 is 0. The molecule has 16 aromatic heterocycles. The molecule has 0 aliphatic heterocycles. The van der Waals surface area contributed by atoms with Crippen molar-refractivity contribution in [2.24, 2.45) is 14.1 Å². The van der Waals surface area contributed by atoms with Gasteiger partial charge in [-0.1, -0.05) is 153 Å². The van der Waals surface area contributed by atoms with Crippen LogP contribution in [0.4, 0.5) is 34.9 Å². The number of rotatable bonds is 23. The van der Waals surface area contributed by atoms with Gasteiger partial charge >= 0.3 is 0 Å². The Bertz CT molecular complexity index is 7710. The van der Waals surface area contributed by atoms with Gasteiger partial charge in [-0.3, -0.25) is 15.1 Å². The number of hydrogen-bond acceptors (Lipinski definition) is 22. The van der Waals surface area contributed by atoms with Crippen LogP contribution in [-0.4, -0.2) is 119 Å². The van der Waals surface area contributed by atoms with E-state index in [1.807, 2.05) is 102 Å². The van der Waals surface area contributed by atoms with Crippen molar-refractivity contribution in [3.8, 4) is 50.3 Å². The number of aromatic amines is 5. The van der Waals surface area contributed by atoms with E-state index < -0.39 is 0 Å². The van der Waals surface area contributed by atoms with Gasteiger partial charge in [0.1, 0.15) is 113 Å². The highest BCUT2D eigenvalue weighted by atomic mass is 15.3. The maximum absolute atomic E-state index is 6.19. The predicted molar refractivity (Wildman–Crippen MR) is 567 cm³/mol. The molecule has 0 atom stereocenters. The summed E-state index contributed by atoms with van der Waals surface area (Å²) in [6.07, 6.45) is 31.8. The molecule has 0 fully saturated rings. The van der Waals surface area contributed by atoms with Crippen molar-refractivity contribution in [3.05, 3.63) is 260 Å². The first-order valence-electron chi connectivity index (χ1n) is 48.1. The fourth-order valence-corrected chi connectivity index (χ4v) is 17.8. The summed E-state index contributed by atoms with van der Waals surface area (Å²) in [5.74, 6) is 9.06. The van der Waals surface area contributed by atoms with Crippen LogP contribution in [0.5, 0.6) is 0 Å². The molecule has 702 valence electrons. The van der Waals surface area contributed by atoms with E-state index in [0.717, 1.165) is 327 Å². The second-order valence-corrected chi connectivity index (χ2v) is 35.2. The molecule has 30 nitrogen and oxygen atoms in total. The van der Waals surface area contributed by atoms with E-state index in [4.69, 9.17) is 64.3 Å². The van der Waals surface area contributed by atoms with Crippen molar-refractivity contribution < 1.29 is 0 Å². The topological polar surface area (TPSA) is 456 Å². The molecule has 0 aliphatic rings. The van der Waals surface area contributed by atoms with Gasteiger partial charge in [-0.05, 0) is 182 Å². The largest absolute Gasteiger partial charge is 0.382 e. The van der Waals surface area contributed by atoms with Crippen molar-refractivity contribution in [3.63, 3.8) is 0 Å². The maximum atomic E-state index is 6.19. The molecule has 0 radical (unpaired) electrons. The SMILES string of the molecule is CCCCc1nc2c(N)nc3cc(-c4ccn[nH]4)ccc3c2n1C.CCCCc1nc2c(N)nc3cc(-n4cccn4)ccc3c2n1C.CCCCc1nc2c([nH]1)c(N)nc1cc(-c3ccccc3)ccc12.CCCCc1nc2c([nH]1)c(N)nc1cc(-c3cccnc3)ccc12.CCCCc1nc2c([nH]1)c(N)nc1cc(-c3ccncc3)ccc12.CCCCc1nc2c([nH]1)c(N)nc1cc(C)ccc12. The molecule has 23 aromatic rings. The van der Waals surface area contributed by atoms with Crippen LogP contribution in [0.1, 0.15) is 159 Å². The number of unbranched alkanes of at least 4 members (excludes halogenated alkanes) is 6. The molecule has 17 N–H and O–H groups in total. The van der Waals surface area contributed by atoms with Gasteiger partial charge < -0.3 is 63.5 Å². The van der Waals surface area contributed by atoms with Crippen molar-refractivity contribution in [1.82, 2.24) is 119 Å². The van der Waals surface area contributed by atoms with E-state index in [0.29, 0.717) is 34.9 Å². The third kappa shape index (κ3) is 19.8. The molecule has 23 rings (SSSR count). The van der Waals surface area contributed by atoms with E-state index >= 15 is 0 Å².